The van der Waals surface area contributed by atoms with E-state index in [1.165, 1.54) is 11.8 Å². The Morgan fingerprint density at radius 3 is 2.71 bits per heavy atom. The van der Waals surface area contributed by atoms with Crippen molar-refractivity contribution in [2.24, 2.45) is 0 Å². The van der Waals surface area contributed by atoms with E-state index in [-0.39, 0.29) is 29.1 Å². The van der Waals surface area contributed by atoms with Crippen LogP contribution in [0, 0.1) is 27.7 Å². The molecule has 4 rings (SSSR count). The minimum absolute atomic E-state index is 0.0271. The molecule has 0 spiro atoms. The van der Waals surface area contributed by atoms with Crippen LogP contribution in [0.3, 0.4) is 0 Å². The number of sulfone groups is 1. The largest absolute Gasteiger partial charge is 0.344 e. The molecule has 1 aromatic carbocycles. The molecule has 0 radical (unpaired) electrons. The van der Waals surface area contributed by atoms with Gasteiger partial charge in [-0.3, -0.25) is 4.79 Å². The molecular weight excluding hydrogens is 434 g/mol. The number of aromatic nitrogens is 5. The Morgan fingerprint density at radius 2 is 2.00 bits per heavy atom. The number of carbonyl (C=O) groups excluding carboxylic acids is 1. The van der Waals surface area contributed by atoms with Gasteiger partial charge in [-0.1, -0.05) is 23.9 Å². The average molecular weight is 460 g/mol. The number of thioether (sulfide) groups is 1. The van der Waals surface area contributed by atoms with E-state index in [9.17, 15) is 13.2 Å². The molecule has 1 fully saturated rings. The highest BCUT2D eigenvalue weighted by atomic mass is 32.2. The van der Waals surface area contributed by atoms with Gasteiger partial charge in [0.1, 0.15) is 0 Å². The van der Waals surface area contributed by atoms with Gasteiger partial charge in [0, 0.05) is 23.0 Å². The minimum Gasteiger partial charge on any atom is -0.344 e. The van der Waals surface area contributed by atoms with Crippen molar-refractivity contribution >= 4 is 27.4 Å². The quantitative estimate of drug-likeness (QED) is 0.413. The van der Waals surface area contributed by atoms with Crippen molar-refractivity contribution in [2.45, 2.75) is 45.3 Å². The van der Waals surface area contributed by atoms with Gasteiger partial charge in [-0.15, -0.1) is 5.10 Å². The first kappa shape index (κ1) is 21.8. The van der Waals surface area contributed by atoms with Crippen LogP contribution in [0.25, 0.3) is 5.69 Å². The maximum atomic E-state index is 13.0. The number of ketones is 1. The molecule has 31 heavy (non-hydrogen) atoms. The summed E-state index contributed by atoms with van der Waals surface area (Å²) in [7, 11) is -3.00. The van der Waals surface area contributed by atoms with E-state index in [4.69, 9.17) is 0 Å². The van der Waals surface area contributed by atoms with E-state index in [0.717, 1.165) is 28.2 Å². The number of hydrogen-bond donors (Lipinski definition) is 0. The summed E-state index contributed by atoms with van der Waals surface area (Å²) in [5, 5.41) is 12.5. The lowest BCUT2D eigenvalue weighted by atomic mass is 10.1. The van der Waals surface area contributed by atoms with E-state index in [0.29, 0.717) is 17.1 Å². The van der Waals surface area contributed by atoms with Gasteiger partial charge in [0.05, 0.1) is 22.9 Å². The van der Waals surface area contributed by atoms with Crippen LogP contribution in [-0.4, -0.2) is 56.2 Å². The average Bonchev–Trinajstić information content (AvgIpc) is 3.39. The highest BCUT2D eigenvalue weighted by Crippen LogP contribution is 2.30. The number of nitrogens with zero attached hydrogens (tertiary/aromatic N) is 5. The summed E-state index contributed by atoms with van der Waals surface area (Å²) in [4.78, 5) is 13.0. The molecule has 1 aliphatic rings. The van der Waals surface area contributed by atoms with Crippen LogP contribution >= 0.6 is 11.8 Å². The van der Waals surface area contributed by atoms with Crippen molar-refractivity contribution in [3.05, 3.63) is 52.3 Å². The van der Waals surface area contributed by atoms with Crippen LogP contribution in [0.4, 0.5) is 0 Å². The Balaban J connectivity index is 1.53. The Hall–Kier alpha value is -2.46. The fourth-order valence-corrected chi connectivity index (χ4v) is 6.66. The van der Waals surface area contributed by atoms with Gasteiger partial charge in [0.2, 0.25) is 5.16 Å². The molecule has 8 nitrogen and oxygen atoms in total. The lowest BCUT2D eigenvalue weighted by Crippen LogP contribution is -2.14. The second kappa shape index (κ2) is 8.23. The number of aryl methyl sites for hydroxylation is 2. The third-order valence-corrected chi connectivity index (χ3v) is 8.61. The molecule has 0 amide bonds. The van der Waals surface area contributed by atoms with Crippen molar-refractivity contribution in [3.8, 4) is 5.69 Å². The molecule has 10 heteroatoms. The summed E-state index contributed by atoms with van der Waals surface area (Å²) >= 11 is 1.29. The molecule has 3 heterocycles. The third kappa shape index (κ3) is 4.18. The molecule has 1 aliphatic heterocycles. The summed E-state index contributed by atoms with van der Waals surface area (Å²) in [6.07, 6.45) is 0.589. The molecule has 1 atom stereocenters. The minimum atomic E-state index is -3.00. The van der Waals surface area contributed by atoms with Gasteiger partial charge < -0.3 is 4.57 Å². The monoisotopic (exact) mass is 459 g/mol. The van der Waals surface area contributed by atoms with Gasteiger partial charge in [-0.25, -0.2) is 8.42 Å². The first-order valence-electron chi connectivity index (χ1n) is 10.1. The second-order valence-corrected chi connectivity index (χ2v) is 11.2. The van der Waals surface area contributed by atoms with Gasteiger partial charge in [-0.2, -0.15) is 4.68 Å². The summed E-state index contributed by atoms with van der Waals surface area (Å²) in [6.45, 7) is 7.85. The lowest BCUT2D eigenvalue weighted by molar-refractivity contribution is 0.102. The van der Waals surface area contributed by atoms with Crippen molar-refractivity contribution in [2.75, 3.05) is 17.3 Å². The number of rotatable bonds is 6. The molecule has 0 N–H and O–H groups in total. The van der Waals surface area contributed by atoms with E-state index in [1.54, 1.807) is 4.68 Å². The Kier molecular flexibility index (Phi) is 5.78. The van der Waals surface area contributed by atoms with E-state index >= 15 is 0 Å². The van der Waals surface area contributed by atoms with Crippen molar-refractivity contribution in [1.82, 2.24) is 24.8 Å². The maximum Gasteiger partial charge on any atom is 0.214 e. The zero-order valence-corrected chi connectivity index (χ0v) is 19.6. The number of carbonyl (C=O) groups is 1. The van der Waals surface area contributed by atoms with Crippen LogP contribution in [0.1, 0.15) is 45.3 Å². The zero-order valence-electron chi connectivity index (χ0n) is 18.0. The maximum absolute atomic E-state index is 13.0. The SMILES string of the molecule is Cc1cccc(-n2nnnc2SCC(=O)c2cc(C)n([C@@H]3CCS(=O)(=O)C3)c2C)c1C. The summed E-state index contributed by atoms with van der Waals surface area (Å²) in [5.74, 6) is 0.504. The number of Topliss-reactive ketones (excluding diaryl/α,β-unsaturated/α-hetero) is 1. The van der Waals surface area contributed by atoms with E-state index in [2.05, 4.69) is 15.5 Å². The zero-order chi connectivity index (χ0) is 22.3. The predicted molar refractivity (Wildman–Crippen MR) is 120 cm³/mol. The van der Waals surface area contributed by atoms with Gasteiger partial charge >= 0.3 is 0 Å². The normalized spacial score (nSPS) is 17.9. The molecule has 1 saturated heterocycles. The number of tetrazole rings is 1. The predicted octanol–water partition coefficient (Wildman–Crippen LogP) is 3.03. The van der Waals surface area contributed by atoms with E-state index < -0.39 is 9.84 Å². The van der Waals surface area contributed by atoms with Gasteiger partial charge in [-0.05, 0) is 67.8 Å². The topological polar surface area (TPSA) is 99.7 Å². The number of hydrogen-bond acceptors (Lipinski definition) is 7. The Morgan fingerprint density at radius 1 is 1.23 bits per heavy atom. The highest BCUT2D eigenvalue weighted by molar-refractivity contribution is 7.99. The van der Waals surface area contributed by atoms with Crippen LogP contribution < -0.4 is 0 Å². The Labute approximate surface area is 186 Å². The van der Waals surface area contributed by atoms with Gasteiger partial charge in [0.25, 0.3) is 0 Å². The van der Waals surface area contributed by atoms with Crippen LogP contribution in [0.15, 0.2) is 29.4 Å². The molecular formula is C21H25N5O3S2. The molecule has 2 aromatic heterocycles. The van der Waals surface area contributed by atoms with E-state index in [1.807, 2.05) is 56.5 Å². The summed E-state index contributed by atoms with van der Waals surface area (Å²) < 4.78 is 27.5. The summed E-state index contributed by atoms with van der Waals surface area (Å²) in [6, 6.07) is 7.70. The molecule has 0 saturated carbocycles. The molecule has 0 unspecified atom stereocenters. The molecule has 164 valence electrons. The van der Waals surface area contributed by atoms with Crippen molar-refractivity contribution in [1.29, 1.82) is 0 Å². The second-order valence-electron chi connectivity index (χ2n) is 8.02. The standard InChI is InChI=1S/C21H25N5O3S2/c1-13-6-5-7-19(15(13)3)26-21(22-23-24-26)30-11-20(27)18-10-14(2)25(16(18)4)17-8-9-31(28,29)12-17/h5-7,10,17H,8-9,11-12H2,1-4H3/t17-/m1/s1. The van der Waals surface area contributed by atoms with Crippen LogP contribution in [0.5, 0.6) is 0 Å². The number of benzene rings is 1. The Bertz CT molecular complexity index is 1260. The third-order valence-electron chi connectivity index (χ3n) is 5.94. The summed E-state index contributed by atoms with van der Waals surface area (Å²) in [5.41, 5.74) is 5.47. The van der Waals surface area contributed by atoms with Crippen LogP contribution in [0.2, 0.25) is 0 Å². The molecule has 0 aliphatic carbocycles. The van der Waals surface area contributed by atoms with Crippen molar-refractivity contribution < 1.29 is 13.2 Å². The highest BCUT2D eigenvalue weighted by Gasteiger charge is 2.31. The lowest BCUT2D eigenvalue weighted by Gasteiger charge is -2.16. The molecule has 3 aromatic rings. The first-order valence-corrected chi connectivity index (χ1v) is 12.9. The first-order chi connectivity index (χ1) is 14.7. The fourth-order valence-electron chi connectivity index (χ4n) is 4.19. The smallest absolute Gasteiger partial charge is 0.214 e. The fraction of sp³-hybridized carbons (Fsp3) is 0.429. The van der Waals surface area contributed by atoms with Crippen LogP contribution in [-0.2, 0) is 9.84 Å². The van der Waals surface area contributed by atoms with Crippen molar-refractivity contribution in [3.63, 3.8) is 0 Å². The van der Waals surface area contributed by atoms with Gasteiger partial charge in [0.15, 0.2) is 15.6 Å². The molecule has 0 bridgehead atoms.